The Morgan fingerprint density at radius 3 is 2.81 bits per heavy atom. The minimum absolute atomic E-state index is 0.0110. The smallest absolute Gasteiger partial charge is 0.254 e. The molecular weight excluding hydrogens is 402 g/mol. The third-order valence-electron chi connectivity index (χ3n) is 7.31. The Labute approximate surface area is 186 Å². The monoisotopic (exact) mass is 429 g/mol. The van der Waals surface area contributed by atoms with Crippen LogP contribution >= 0.6 is 0 Å². The number of hydrogen-bond donors (Lipinski definition) is 2. The van der Waals surface area contributed by atoms with E-state index in [1.165, 1.54) is 6.42 Å². The van der Waals surface area contributed by atoms with Gasteiger partial charge in [-0.1, -0.05) is 6.07 Å². The quantitative estimate of drug-likeness (QED) is 0.647. The molecule has 3 aromatic rings. The van der Waals surface area contributed by atoms with Gasteiger partial charge in [-0.2, -0.15) is 5.10 Å². The number of nitrogens with two attached hydrogens (primary N) is 1. The Kier molecular flexibility index (Phi) is 4.41. The second-order valence-electron chi connectivity index (χ2n) is 9.32. The fourth-order valence-electron chi connectivity index (χ4n) is 5.20. The van der Waals surface area contributed by atoms with Crippen LogP contribution in [0.1, 0.15) is 58.9 Å². The number of rotatable bonds is 5. The first-order valence-electron chi connectivity index (χ1n) is 11.4. The highest BCUT2D eigenvalue weighted by Gasteiger charge is 2.45. The van der Waals surface area contributed by atoms with Gasteiger partial charge in [0.15, 0.2) is 0 Å². The minimum Gasteiger partial charge on any atom is -0.383 e. The van der Waals surface area contributed by atoms with Gasteiger partial charge in [-0.05, 0) is 66.8 Å². The molecule has 6 rings (SSSR count). The zero-order valence-corrected chi connectivity index (χ0v) is 18.1. The summed E-state index contributed by atoms with van der Waals surface area (Å²) >= 11 is 0. The average Bonchev–Trinajstić information content (AvgIpc) is 3.22. The molecule has 8 nitrogen and oxygen atoms in total. The molecule has 1 unspecified atom stereocenters. The van der Waals surface area contributed by atoms with Crippen molar-refractivity contribution < 1.29 is 4.79 Å². The summed E-state index contributed by atoms with van der Waals surface area (Å²) in [5.41, 5.74) is 9.70. The van der Waals surface area contributed by atoms with Gasteiger partial charge in [-0.15, -0.1) is 0 Å². The number of aromatic nitrogens is 4. The maximum Gasteiger partial charge on any atom is 0.254 e. The van der Waals surface area contributed by atoms with Crippen LogP contribution in [0.15, 0.2) is 43.0 Å². The van der Waals surface area contributed by atoms with Crippen molar-refractivity contribution in [1.82, 2.24) is 25.1 Å². The molecule has 1 saturated heterocycles. The number of fused-ring (bicyclic) bond motifs is 2. The molecule has 2 aliphatic carbocycles. The molecule has 1 aliphatic heterocycles. The molecule has 4 heterocycles. The topological polar surface area (TPSA) is 102 Å². The van der Waals surface area contributed by atoms with E-state index in [0.29, 0.717) is 11.4 Å². The van der Waals surface area contributed by atoms with E-state index < -0.39 is 0 Å². The molecule has 1 amide bonds. The molecule has 1 saturated carbocycles. The van der Waals surface area contributed by atoms with Crippen LogP contribution in [0.2, 0.25) is 0 Å². The molecule has 4 atom stereocenters. The highest BCUT2D eigenvalue weighted by Crippen LogP contribution is 2.45. The molecule has 3 aliphatic rings. The van der Waals surface area contributed by atoms with Crippen LogP contribution < -0.4 is 16.0 Å². The van der Waals surface area contributed by atoms with Gasteiger partial charge in [0.05, 0.1) is 23.8 Å². The number of nitrogens with zero attached hydrogens (tertiary/aromatic N) is 5. The van der Waals surface area contributed by atoms with Gasteiger partial charge < -0.3 is 16.0 Å². The molecule has 32 heavy (non-hydrogen) atoms. The first-order chi connectivity index (χ1) is 15.6. The van der Waals surface area contributed by atoms with Crippen LogP contribution in [0.5, 0.6) is 0 Å². The maximum atomic E-state index is 12.9. The summed E-state index contributed by atoms with van der Waals surface area (Å²) in [7, 11) is 0. The van der Waals surface area contributed by atoms with E-state index in [4.69, 9.17) is 10.7 Å². The predicted octanol–water partition coefficient (Wildman–Crippen LogP) is 2.74. The summed E-state index contributed by atoms with van der Waals surface area (Å²) in [6, 6.07) is 6.11. The number of anilines is 2. The van der Waals surface area contributed by atoms with Crippen molar-refractivity contribution in [3.8, 4) is 0 Å². The van der Waals surface area contributed by atoms with Gasteiger partial charge in [-0.3, -0.25) is 9.48 Å². The Morgan fingerprint density at radius 1 is 1.19 bits per heavy atom. The summed E-state index contributed by atoms with van der Waals surface area (Å²) in [6.07, 6.45) is 10.1. The summed E-state index contributed by atoms with van der Waals surface area (Å²) in [5.74, 6) is 3.26. The van der Waals surface area contributed by atoms with Crippen molar-refractivity contribution in [2.24, 2.45) is 11.8 Å². The lowest BCUT2D eigenvalue weighted by molar-refractivity contribution is 0.0936. The highest BCUT2D eigenvalue weighted by atomic mass is 16.1. The number of hydrogen-bond acceptors (Lipinski definition) is 6. The van der Waals surface area contributed by atoms with Gasteiger partial charge in [-0.25, -0.2) is 9.97 Å². The minimum atomic E-state index is -0.127. The molecule has 0 aromatic carbocycles. The number of pyridine rings is 2. The summed E-state index contributed by atoms with van der Waals surface area (Å²) in [4.78, 5) is 24.1. The van der Waals surface area contributed by atoms with Gasteiger partial charge >= 0.3 is 0 Å². The molecule has 0 spiro atoms. The first-order valence-corrected chi connectivity index (χ1v) is 11.4. The van der Waals surface area contributed by atoms with Crippen LogP contribution in [0.25, 0.3) is 0 Å². The summed E-state index contributed by atoms with van der Waals surface area (Å²) in [6.45, 7) is 4.34. The Hall–Kier alpha value is -3.42. The number of nitrogens with one attached hydrogen (secondary N) is 1. The van der Waals surface area contributed by atoms with E-state index in [1.807, 2.05) is 16.9 Å². The van der Waals surface area contributed by atoms with Crippen molar-refractivity contribution in [1.29, 1.82) is 0 Å². The van der Waals surface area contributed by atoms with E-state index in [1.54, 1.807) is 18.6 Å². The molecular formula is C24H27N7O. The molecule has 0 radical (unpaired) electrons. The fourth-order valence-corrected chi connectivity index (χ4v) is 5.20. The largest absolute Gasteiger partial charge is 0.383 e. The van der Waals surface area contributed by atoms with Crippen molar-refractivity contribution in [2.45, 2.75) is 38.3 Å². The van der Waals surface area contributed by atoms with Crippen LogP contribution in [0.3, 0.4) is 0 Å². The van der Waals surface area contributed by atoms with Crippen molar-refractivity contribution in [3.05, 3.63) is 65.2 Å². The zero-order valence-electron chi connectivity index (χ0n) is 18.1. The van der Waals surface area contributed by atoms with Crippen LogP contribution in [0, 0.1) is 11.8 Å². The van der Waals surface area contributed by atoms with Crippen LogP contribution in [0.4, 0.5) is 11.6 Å². The Morgan fingerprint density at radius 2 is 2.03 bits per heavy atom. The predicted molar refractivity (Wildman–Crippen MR) is 121 cm³/mol. The van der Waals surface area contributed by atoms with E-state index in [-0.39, 0.29) is 18.0 Å². The number of carbonyl (C=O) groups is 1. The Bertz CT molecular complexity index is 1160. The van der Waals surface area contributed by atoms with Crippen LogP contribution in [-0.4, -0.2) is 38.7 Å². The lowest BCUT2D eigenvalue weighted by Gasteiger charge is -2.20. The van der Waals surface area contributed by atoms with E-state index in [2.05, 4.69) is 39.4 Å². The number of amides is 1. The van der Waals surface area contributed by atoms with Gasteiger partial charge in [0, 0.05) is 31.7 Å². The first kappa shape index (κ1) is 19.3. The molecule has 0 bridgehead atoms. The molecule has 2 fully saturated rings. The van der Waals surface area contributed by atoms with Gasteiger partial charge in [0.1, 0.15) is 11.6 Å². The van der Waals surface area contributed by atoms with Crippen molar-refractivity contribution >= 4 is 17.5 Å². The van der Waals surface area contributed by atoms with E-state index in [0.717, 1.165) is 60.3 Å². The second-order valence-corrected chi connectivity index (χ2v) is 9.32. The standard InChI is InChI=1S/C24H27N7O/c1-14(15-2-5-22(27-9-15)30-11-16-8-17(16)12-30)31-13-18(10-28-31)24(32)29-21-4-3-20-19(21)6-7-26-23(20)25/h2,5-7,9-10,13-14,16-17,21H,3-4,8,11-12H2,1H3,(H2,25,26)(H,29,32)/t14?,16-,17+,21-/m1/s1. The zero-order chi connectivity index (χ0) is 21.8. The molecule has 3 N–H and O–H groups in total. The normalized spacial score (nSPS) is 24.2. The van der Waals surface area contributed by atoms with Crippen molar-refractivity contribution in [3.63, 3.8) is 0 Å². The number of piperidine rings is 1. The second kappa shape index (κ2) is 7.32. The average molecular weight is 430 g/mol. The number of carbonyl (C=O) groups excluding carboxylic acids is 1. The number of nitrogen functional groups attached to an aromatic ring is 1. The third-order valence-corrected chi connectivity index (χ3v) is 7.31. The third kappa shape index (κ3) is 3.30. The van der Waals surface area contributed by atoms with E-state index in [9.17, 15) is 4.79 Å². The lowest BCUT2D eigenvalue weighted by atomic mass is 10.1. The molecule has 3 aromatic heterocycles. The highest BCUT2D eigenvalue weighted by molar-refractivity contribution is 5.94. The van der Waals surface area contributed by atoms with E-state index >= 15 is 0 Å². The van der Waals surface area contributed by atoms with Crippen LogP contribution in [-0.2, 0) is 6.42 Å². The summed E-state index contributed by atoms with van der Waals surface area (Å²) in [5, 5.41) is 7.57. The maximum absolute atomic E-state index is 12.9. The SMILES string of the molecule is CC(c1ccc(N2C[C@H]3C[C@H]3C2)nc1)n1cc(C(=O)N[C@@H]2CCc3c2ccnc3N)cn1. The van der Waals surface area contributed by atoms with Gasteiger partial charge in [0.25, 0.3) is 5.91 Å². The fraction of sp³-hybridized carbons (Fsp3) is 0.417. The molecule has 8 heteroatoms. The van der Waals surface area contributed by atoms with Gasteiger partial charge in [0.2, 0.25) is 0 Å². The molecule has 164 valence electrons. The summed E-state index contributed by atoms with van der Waals surface area (Å²) < 4.78 is 1.82. The Balaban J connectivity index is 1.13. The van der Waals surface area contributed by atoms with Crippen molar-refractivity contribution in [2.75, 3.05) is 23.7 Å². The lowest BCUT2D eigenvalue weighted by Crippen LogP contribution is -2.27.